The van der Waals surface area contributed by atoms with Gasteiger partial charge in [0.25, 0.3) is 5.76 Å². The lowest BCUT2D eigenvalue weighted by atomic mass is 10.0. The van der Waals surface area contributed by atoms with Crippen LogP contribution in [0.4, 0.5) is 14.5 Å². The van der Waals surface area contributed by atoms with Crippen molar-refractivity contribution in [3.05, 3.63) is 72.3 Å². The van der Waals surface area contributed by atoms with Crippen LogP contribution in [-0.4, -0.2) is 16.6 Å². The molecule has 0 heterocycles. The van der Waals surface area contributed by atoms with Crippen molar-refractivity contribution in [2.24, 2.45) is 5.10 Å². The Kier molecular flexibility index (Phi) is 6.36. The molecule has 7 heteroatoms. The fraction of sp³-hybridized carbons (Fsp3) is 0.100. The van der Waals surface area contributed by atoms with Gasteiger partial charge in [0.2, 0.25) is 0 Å². The predicted molar refractivity (Wildman–Crippen MR) is 114 cm³/mol. The van der Waals surface area contributed by atoms with Crippen molar-refractivity contribution in [1.82, 2.24) is 5.43 Å². The molecule has 0 saturated heterocycles. The number of thiocarbonyl (C=S) groups is 1. The smallest absolute Gasteiger partial charge is 0.288 e. The lowest BCUT2D eigenvalue weighted by molar-refractivity contribution is 0.252. The number of hydrogen-bond acceptors (Lipinski definition) is 3. The number of benzene rings is 3. The quantitative estimate of drug-likeness (QED) is 0.243. The Hall–Kier alpha value is -2.51. The molecule has 0 radical (unpaired) electrons. The summed E-state index contributed by atoms with van der Waals surface area (Å²) < 4.78 is 24.7. The third-order valence-corrected chi connectivity index (χ3v) is 4.75. The summed E-state index contributed by atoms with van der Waals surface area (Å²) in [6.07, 6.45) is 0. The van der Waals surface area contributed by atoms with E-state index < -0.39 is 5.76 Å². The van der Waals surface area contributed by atoms with Gasteiger partial charge in [-0.1, -0.05) is 48.2 Å². The van der Waals surface area contributed by atoms with Crippen LogP contribution in [0.5, 0.6) is 0 Å². The highest BCUT2D eigenvalue weighted by atomic mass is 32.2. The lowest BCUT2D eigenvalue weighted by Crippen LogP contribution is -2.24. The summed E-state index contributed by atoms with van der Waals surface area (Å²) in [7, 11) is 0. The van der Waals surface area contributed by atoms with Crippen LogP contribution in [0.25, 0.3) is 10.8 Å². The second-order valence-corrected chi connectivity index (χ2v) is 7.20. The highest BCUT2D eigenvalue weighted by Crippen LogP contribution is 2.26. The Morgan fingerprint density at radius 3 is 2.41 bits per heavy atom. The van der Waals surface area contributed by atoms with E-state index in [9.17, 15) is 8.78 Å². The van der Waals surface area contributed by atoms with Crippen LogP contribution in [-0.2, 0) is 0 Å². The van der Waals surface area contributed by atoms with E-state index in [1.807, 2.05) is 25.1 Å². The van der Waals surface area contributed by atoms with Gasteiger partial charge in [0.1, 0.15) is 0 Å². The Balaban J connectivity index is 1.61. The molecule has 27 heavy (non-hydrogen) atoms. The summed E-state index contributed by atoms with van der Waals surface area (Å²) in [5, 5.41) is 9.93. The zero-order chi connectivity index (χ0) is 19.2. The fourth-order valence-corrected chi connectivity index (χ4v) is 3.15. The maximum Gasteiger partial charge on any atom is 0.288 e. The van der Waals surface area contributed by atoms with Crippen molar-refractivity contribution in [3.8, 4) is 0 Å². The molecule has 0 aromatic heterocycles. The first-order valence-corrected chi connectivity index (χ1v) is 9.45. The number of hydrogen-bond donors (Lipinski definition) is 2. The second-order valence-electron chi connectivity index (χ2n) is 5.73. The standard InChI is InChI=1S/C20H17F2N3S2/c1-13(15-7-6-14-4-2-3-5-16(14)12-15)24-25-20(26)23-17-8-10-18(11-9-17)27-19(21)22/h2-12,19H,1H3,(H2,23,25,26)/b24-13-. The molecule has 0 fully saturated rings. The maximum absolute atomic E-state index is 12.3. The first-order chi connectivity index (χ1) is 13.0. The van der Waals surface area contributed by atoms with E-state index in [4.69, 9.17) is 12.2 Å². The number of nitrogens with one attached hydrogen (secondary N) is 2. The molecule has 0 aliphatic carbocycles. The number of nitrogens with zero attached hydrogens (tertiary/aromatic N) is 1. The van der Waals surface area contributed by atoms with Crippen molar-refractivity contribution >= 4 is 51.3 Å². The number of anilines is 1. The van der Waals surface area contributed by atoms with Crippen LogP contribution in [0.2, 0.25) is 0 Å². The highest BCUT2D eigenvalue weighted by molar-refractivity contribution is 7.99. The van der Waals surface area contributed by atoms with Crippen LogP contribution in [0.15, 0.2) is 76.7 Å². The number of hydrazone groups is 1. The van der Waals surface area contributed by atoms with Crippen molar-refractivity contribution < 1.29 is 8.78 Å². The molecule has 138 valence electrons. The molecule has 2 N–H and O–H groups in total. The van der Waals surface area contributed by atoms with Crippen molar-refractivity contribution in [1.29, 1.82) is 0 Å². The molecule has 0 aliphatic heterocycles. The average Bonchev–Trinajstić information content (AvgIpc) is 2.67. The number of fused-ring (bicyclic) bond motifs is 1. The summed E-state index contributed by atoms with van der Waals surface area (Å²) in [5.41, 5.74) is 5.30. The number of thioether (sulfide) groups is 1. The Bertz CT molecular complexity index is 972. The largest absolute Gasteiger partial charge is 0.331 e. The van der Waals surface area contributed by atoms with Gasteiger partial charge in [-0.25, -0.2) is 0 Å². The van der Waals surface area contributed by atoms with Crippen LogP contribution in [0.3, 0.4) is 0 Å². The minimum absolute atomic E-state index is 0.324. The van der Waals surface area contributed by atoms with Crippen LogP contribution in [0, 0.1) is 0 Å². The first kappa shape index (κ1) is 19.3. The van der Waals surface area contributed by atoms with Crippen LogP contribution < -0.4 is 10.7 Å². The monoisotopic (exact) mass is 401 g/mol. The van der Waals surface area contributed by atoms with Crippen molar-refractivity contribution in [2.75, 3.05) is 5.32 Å². The Labute approximate surface area is 165 Å². The van der Waals surface area contributed by atoms with E-state index >= 15 is 0 Å². The molecule has 3 aromatic rings. The number of rotatable bonds is 5. The third kappa shape index (κ3) is 5.48. The molecule has 0 bridgehead atoms. The van der Waals surface area contributed by atoms with Gasteiger partial charge in [0, 0.05) is 10.6 Å². The summed E-state index contributed by atoms with van der Waals surface area (Å²) in [5.74, 6) is -2.43. The predicted octanol–water partition coefficient (Wildman–Crippen LogP) is 5.87. The summed E-state index contributed by atoms with van der Waals surface area (Å²) in [4.78, 5) is 0.500. The zero-order valence-corrected chi connectivity index (χ0v) is 16.1. The van der Waals surface area contributed by atoms with Gasteiger partial charge in [0.05, 0.1) is 5.71 Å². The van der Waals surface area contributed by atoms with E-state index in [1.54, 1.807) is 24.3 Å². The van der Waals surface area contributed by atoms with E-state index in [0.29, 0.717) is 27.5 Å². The molecule has 0 aliphatic rings. The third-order valence-electron chi connectivity index (χ3n) is 3.83. The first-order valence-electron chi connectivity index (χ1n) is 8.16. The van der Waals surface area contributed by atoms with E-state index in [-0.39, 0.29) is 0 Å². The molecule has 3 rings (SSSR count). The van der Waals surface area contributed by atoms with Crippen molar-refractivity contribution in [2.45, 2.75) is 17.6 Å². The number of alkyl halides is 2. The zero-order valence-electron chi connectivity index (χ0n) is 14.4. The van der Waals surface area contributed by atoms with Gasteiger partial charge in [-0.2, -0.15) is 13.9 Å². The minimum Gasteiger partial charge on any atom is -0.331 e. The van der Waals surface area contributed by atoms with E-state index in [1.165, 1.54) is 5.39 Å². The normalized spacial score (nSPS) is 11.6. The van der Waals surface area contributed by atoms with E-state index in [0.717, 1.165) is 16.7 Å². The molecular weight excluding hydrogens is 384 g/mol. The Morgan fingerprint density at radius 1 is 1.00 bits per heavy atom. The SMILES string of the molecule is C/C(=N/NC(=S)Nc1ccc(SC(F)F)cc1)c1ccc2ccccc2c1. The molecule has 0 saturated carbocycles. The van der Waals surface area contributed by atoms with Gasteiger partial charge in [-0.3, -0.25) is 5.43 Å². The molecule has 0 atom stereocenters. The Morgan fingerprint density at radius 2 is 1.70 bits per heavy atom. The molecular formula is C20H17F2N3S2. The van der Waals surface area contributed by atoms with Gasteiger partial charge in [-0.15, -0.1) is 0 Å². The molecule has 0 unspecified atom stereocenters. The lowest BCUT2D eigenvalue weighted by Gasteiger charge is -2.09. The summed E-state index contributed by atoms with van der Waals surface area (Å²) in [6.45, 7) is 1.90. The molecule has 0 spiro atoms. The van der Waals surface area contributed by atoms with Gasteiger partial charge >= 0.3 is 0 Å². The molecule has 0 amide bonds. The van der Waals surface area contributed by atoms with Gasteiger partial charge in [0.15, 0.2) is 5.11 Å². The van der Waals surface area contributed by atoms with Gasteiger partial charge < -0.3 is 5.32 Å². The average molecular weight is 402 g/mol. The minimum atomic E-state index is -2.43. The summed E-state index contributed by atoms with van der Waals surface area (Å²) in [6, 6.07) is 20.9. The summed E-state index contributed by atoms with van der Waals surface area (Å²) >= 11 is 5.74. The molecule has 3 aromatic carbocycles. The second kappa shape index (κ2) is 8.92. The van der Waals surface area contributed by atoms with Gasteiger partial charge in [-0.05, 0) is 65.8 Å². The van der Waals surface area contributed by atoms with Crippen LogP contribution >= 0.6 is 24.0 Å². The van der Waals surface area contributed by atoms with Crippen molar-refractivity contribution in [3.63, 3.8) is 0 Å². The maximum atomic E-state index is 12.3. The van der Waals surface area contributed by atoms with E-state index in [2.05, 4.69) is 40.1 Å². The van der Waals surface area contributed by atoms with Crippen LogP contribution in [0.1, 0.15) is 12.5 Å². The topological polar surface area (TPSA) is 36.4 Å². The number of halogens is 2. The molecule has 3 nitrogen and oxygen atoms in total. The fourth-order valence-electron chi connectivity index (χ4n) is 2.49. The highest BCUT2D eigenvalue weighted by Gasteiger charge is 2.05.